The zero-order valence-electron chi connectivity index (χ0n) is 18.4. The summed E-state index contributed by atoms with van der Waals surface area (Å²) < 4.78 is 33.6. The lowest BCUT2D eigenvalue weighted by Gasteiger charge is -2.34. The van der Waals surface area contributed by atoms with Gasteiger partial charge in [-0.1, -0.05) is 38.5 Å². The highest BCUT2D eigenvalue weighted by Gasteiger charge is 2.54. The number of halogens is 2. The summed E-state index contributed by atoms with van der Waals surface area (Å²) in [7, 11) is 0. The van der Waals surface area contributed by atoms with Crippen LogP contribution in [0.5, 0.6) is 0 Å². The second-order valence-electron chi connectivity index (χ2n) is 8.74. The zero-order chi connectivity index (χ0) is 21.2. The number of nitrogens with zero attached hydrogens (tertiary/aromatic N) is 2. The average Bonchev–Trinajstić information content (AvgIpc) is 3.12. The molecule has 0 bridgehead atoms. The van der Waals surface area contributed by atoms with E-state index in [1.165, 1.54) is 47.5 Å². The molecule has 0 saturated carbocycles. The van der Waals surface area contributed by atoms with Gasteiger partial charge in [-0.25, -0.2) is 0 Å². The lowest BCUT2D eigenvalue weighted by Crippen LogP contribution is -2.51. The number of rotatable bonds is 10. The summed E-state index contributed by atoms with van der Waals surface area (Å²) in [6.45, 7) is 3.70. The summed E-state index contributed by atoms with van der Waals surface area (Å²) in [5.74, 6) is 0.986. The fourth-order valence-corrected chi connectivity index (χ4v) is 5.36. The highest BCUT2D eigenvalue weighted by atomic mass is 32.1. The molecule has 1 aromatic rings. The Kier molecular flexibility index (Phi) is 7.13. The molecule has 0 radical (unpaired) electrons. The van der Waals surface area contributed by atoms with Crippen LogP contribution in [0.1, 0.15) is 88.6 Å². The van der Waals surface area contributed by atoms with Crippen molar-refractivity contribution in [1.29, 1.82) is 0 Å². The van der Waals surface area contributed by atoms with Gasteiger partial charge >= 0.3 is 6.97 Å². The molecule has 0 saturated heterocycles. The molecule has 160 valence electrons. The standard InChI is InChI=1S/C23H35BF2N2S/c1-17-15-19(3)27-22(17)21(13-11-9-7-5-6-8-10-12-14-29)23-18(2)16-20(4)28(23)24(27,25)26/h15-16,29H,5-14H2,1-4H3. The van der Waals surface area contributed by atoms with Gasteiger partial charge in [0.25, 0.3) is 0 Å². The third kappa shape index (κ3) is 4.28. The van der Waals surface area contributed by atoms with Crippen LogP contribution in [0, 0.1) is 13.8 Å². The average molecular weight is 420 g/mol. The Morgan fingerprint density at radius 2 is 1.52 bits per heavy atom. The minimum Gasteiger partial charge on any atom is -0.394 e. The van der Waals surface area contributed by atoms with Gasteiger partial charge in [-0.05, 0) is 63.1 Å². The van der Waals surface area contributed by atoms with Crippen molar-refractivity contribution in [2.75, 3.05) is 5.75 Å². The van der Waals surface area contributed by atoms with Gasteiger partial charge in [-0.15, -0.1) is 0 Å². The van der Waals surface area contributed by atoms with Gasteiger partial charge in [0, 0.05) is 29.8 Å². The van der Waals surface area contributed by atoms with E-state index in [1.807, 2.05) is 26.0 Å². The molecular weight excluding hydrogens is 385 g/mol. The first kappa shape index (κ1) is 22.4. The van der Waals surface area contributed by atoms with Gasteiger partial charge in [-0.2, -0.15) is 12.6 Å². The summed E-state index contributed by atoms with van der Waals surface area (Å²) in [6, 6.07) is 1.91. The monoisotopic (exact) mass is 420 g/mol. The third-order valence-electron chi connectivity index (χ3n) is 6.37. The Hall–Kier alpha value is -1.30. The fourth-order valence-electron chi connectivity index (χ4n) is 5.14. The summed E-state index contributed by atoms with van der Waals surface area (Å²) >= 11 is 4.26. The van der Waals surface area contributed by atoms with Crippen LogP contribution in [-0.2, 0) is 0 Å². The normalized spacial score (nSPS) is 17.7. The molecule has 6 heteroatoms. The van der Waals surface area contributed by atoms with E-state index in [9.17, 15) is 0 Å². The second kappa shape index (κ2) is 9.24. The topological polar surface area (TPSA) is 7.94 Å². The molecule has 3 heterocycles. The molecule has 0 aromatic carbocycles. The first-order valence-electron chi connectivity index (χ1n) is 11.2. The minimum atomic E-state index is -3.84. The van der Waals surface area contributed by atoms with Crippen LogP contribution >= 0.6 is 12.6 Å². The van der Waals surface area contributed by atoms with Crippen LogP contribution in [-0.4, -0.2) is 27.4 Å². The number of fused-ring (bicyclic) bond motifs is 2. The van der Waals surface area contributed by atoms with Crippen LogP contribution in [0.25, 0.3) is 5.57 Å². The first-order chi connectivity index (χ1) is 13.8. The molecule has 3 rings (SSSR count). The van der Waals surface area contributed by atoms with Crippen LogP contribution in [0.3, 0.4) is 0 Å². The fraction of sp³-hybridized carbons (Fsp3) is 0.609. The second-order valence-corrected chi connectivity index (χ2v) is 9.19. The van der Waals surface area contributed by atoms with Gasteiger partial charge < -0.3 is 17.6 Å². The quantitative estimate of drug-likeness (QED) is 0.239. The number of thiol groups is 1. The van der Waals surface area contributed by atoms with Gasteiger partial charge in [-0.3, -0.25) is 0 Å². The molecule has 2 aliphatic rings. The van der Waals surface area contributed by atoms with Crippen molar-refractivity contribution in [3.63, 3.8) is 0 Å². The van der Waals surface area contributed by atoms with E-state index in [1.54, 1.807) is 13.8 Å². The molecule has 0 fully saturated rings. The maximum absolute atomic E-state index is 15.5. The van der Waals surface area contributed by atoms with Crippen molar-refractivity contribution in [1.82, 2.24) is 4.48 Å². The van der Waals surface area contributed by atoms with Gasteiger partial charge in [0.15, 0.2) is 5.70 Å². The number of aryl methyl sites for hydroxylation is 2. The first-order valence-corrected chi connectivity index (χ1v) is 11.8. The molecule has 29 heavy (non-hydrogen) atoms. The van der Waals surface area contributed by atoms with Crippen LogP contribution in [0.15, 0.2) is 23.4 Å². The minimum absolute atomic E-state index is 0.651. The van der Waals surface area contributed by atoms with E-state index in [0.717, 1.165) is 53.1 Å². The third-order valence-corrected chi connectivity index (χ3v) is 6.68. The van der Waals surface area contributed by atoms with Crippen molar-refractivity contribution in [3.05, 3.63) is 40.4 Å². The SMILES string of the molecule is CC1=CC(C)=[N+]2C1=C(CCCCCCCCCCS)c1c(C)cc(C)n1[B-]2(F)F. The Labute approximate surface area is 180 Å². The lowest BCUT2D eigenvalue weighted by atomic mass is 9.84. The van der Waals surface area contributed by atoms with Crippen LogP contribution in [0.4, 0.5) is 8.63 Å². The van der Waals surface area contributed by atoms with Crippen LogP contribution in [0.2, 0.25) is 0 Å². The summed E-state index contributed by atoms with van der Waals surface area (Å²) in [4.78, 5) is 0. The van der Waals surface area contributed by atoms with Crippen molar-refractivity contribution in [3.8, 4) is 0 Å². The van der Waals surface area contributed by atoms with E-state index < -0.39 is 6.97 Å². The lowest BCUT2D eigenvalue weighted by molar-refractivity contribution is -0.363. The Bertz CT molecular complexity index is 864. The molecule has 0 N–H and O–H groups in total. The van der Waals surface area contributed by atoms with E-state index in [4.69, 9.17) is 0 Å². The molecule has 0 aliphatic carbocycles. The predicted octanol–water partition coefficient (Wildman–Crippen LogP) is 6.93. The molecule has 0 spiro atoms. The van der Waals surface area contributed by atoms with E-state index in [0.29, 0.717) is 11.4 Å². The largest absolute Gasteiger partial charge is 0.737 e. The highest BCUT2D eigenvalue weighted by Crippen LogP contribution is 2.43. The Morgan fingerprint density at radius 1 is 0.931 bits per heavy atom. The van der Waals surface area contributed by atoms with Crippen LogP contribution < -0.4 is 0 Å². The van der Waals surface area contributed by atoms with Gasteiger partial charge in [0.1, 0.15) is 5.71 Å². The smallest absolute Gasteiger partial charge is 0.394 e. The molecule has 2 nitrogen and oxygen atoms in total. The van der Waals surface area contributed by atoms with Crippen molar-refractivity contribution < 1.29 is 13.1 Å². The molecular formula is C23H35BF2N2S. The van der Waals surface area contributed by atoms with Crippen molar-refractivity contribution in [2.45, 2.75) is 85.5 Å². The number of unbranched alkanes of at least 4 members (excludes halogenated alkanes) is 7. The summed E-state index contributed by atoms with van der Waals surface area (Å²) in [5, 5.41) is 0. The number of hydrogen-bond acceptors (Lipinski definition) is 1. The highest BCUT2D eigenvalue weighted by molar-refractivity contribution is 7.80. The van der Waals surface area contributed by atoms with Crippen molar-refractivity contribution >= 4 is 30.9 Å². The van der Waals surface area contributed by atoms with E-state index >= 15 is 8.63 Å². The maximum atomic E-state index is 15.5. The number of hydrogen-bond donors (Lipinski definition) is 1. The predicted molar refractivity (Wildman–Crippen MR) is 124 cm³/mol. The van der Waals surface area contributed by atoms with E-state index in [2.05, 4.69) is 12.6 Å². The van der Waals surface area contributed by atoms with Crippen molar-refractivity contribution in [2.24, 2.45) is 0 Å². The summed E-state index contributed by atoms with van der Waals surface area (Å²) in [5.41, 5.74) is 5.85. The van der Waals surface area contributed by atoms with Gasteiger partial charge in [0.2, 0.25) is 0 Å². The zero-order valence-corrected chi connectivity index (χ0v) is 19.3. The Balaban J connectivity index is 1.75. The maximum Gasteiger partial charge on any atom is 0.737 e. The Morgan fingerprint density at radius 3 is 2.14 bits per heavy atom. The number of aromatic nitrogens is 1. The van der Waals surface area contributed by atoms with Gasteiger partial charge in [0.05, 0.1) is 0 Å². The summed E-state index contributed by atoms with van der Waals surface area (Å²) in [6.07, 6.45) is 12.6. The molecule has 0 unspecified atom stereocenters. The molecule has 0 atom stereocenters. The number of allylic oxidation sites excluding steroid dienone is 3. The molecule has 1 aromatic heterocycles. The van der Waals surface area contributed by atoms with E-state index in [-0.39, 0.29) is 0 Å². The molecule has 2 aliphatic heterocycles. The molecule has 0 amide bonds.